The molecule has 0 unspecified atom stereocenters. The Balaban J connectivity index is 1.40. The largest absolute Gasteiger partial charge is 0.488 e. The van der Waals surface area contributed by atoms with Crippen LogP contribution in [0.2, 0.25) is 0 Å². The predicted octanol–water partition coefficient (Wildman–Crippen LogP) is 3.87. The van der Waals surface area contributed by atoms with Crippen LogP contribution < -0.4 is 25.1 Å². The van der Waals surface area contributed by atoms with Gasteiger partial charge in [-0.2, -0.15) is 0 Å². The van der Waals surface area contributed by atoms with Gasteiger partial charge in [-0.3, -0.25) is 20.4 Å². The van der Waals surface area contributed by atoms with Gasteiger partial charge in [0.1, 0.15) is 25.6 Å². The number of nitrogens with one attached hydrogen (secondary N) is 2. The highest BCUT2D eigenvalue weighted by Crippen LogP contribution is 2.30. The first kappa shape index (κ1) is 20.7. The van der Waals surface area contributed by atoms with E-state index in [1.807, 2.05) is 24.3 Å². The zero-order valence-electron chi connectivity index (χ0n) is 16.4. The van der Waals surface area contributed by atoms with Crippen LogP contribution in [0, 0.1) is 0 Å². The monoisotopic (exact) mass is 482 g/mol. The van der Waals surface area contributed by atoms with E-state index in [1.165, 1.54) is 0 Å². The number of carbonyl (C=O) groups excluding carboxylic acids is 2. The van der Waals surface area contributed by atoms with Crippen molar-refractivity contribution in [3.63, 3.8) is 0 Å². The average Bonchev–Trinajstić information content (AvgIpc) is 2.81. The van der Waals surface area contributed by atoms with Gasteiger partial charge in [0.15, 0.2) is 11.5 Å². The van der Waals surface area contributed by atoms with Crippen molar-refractivity contribution in [2.24, 2.45) is 0 Å². The fraction of sp³-hybridized carbons (Fsp3) is 0.130. The number of hydrogen-bond donors (Lipinski definition) is 2. The molecule has 158 valence electrons. The third kappa shape index (κ3) is 4.97. The third-order valence-corrected chi connectivity index (χ3v) is 5.34. The second-order valence-corrected chi connectivity index (χ2v) is 7.50. The van der Waals surface area contributed by atoms with Gasteiger partial charge in [0.2, 0.25) is 0 Å². The fourth-order valence-electron chi connectivity index (χ4n) is 2.99. The van der Waals surface area contributed by atoms with Crippen molar-refractivity contribution in [3.8, 4) is 17.2 Å². The van der Waals surface area contributed by atoms with Crippen molar-refractivity contribution < 1.29 is 23.8 Å². The Bertz CT molecular complexity index is 1120. The molecular weight excluding hydrogens is 464 g/mol. The van der Waals surface area contributed by atoms with Crippen molar-refractivity contribution in [2.45, 2.75) is 6.61 Å². The summed E-state index contributed by atoms with van der Waals surface area (Å²) in [5.41, 5.74) is 6.43. The molecule has 3 aromatic rings. The van der Waals surface area contributed by atoms with Gasteiger partial charge in [-0.05, 0) is 36.4 Å². The minimum Gasteiger partial charge on any atom is -0.488 e. The number of carbonyl (C=O) groups is 2. The molecule has 0 saturated carbocycles. The summed E-state index contributed by atoms with van der Waals surface area (Å²) in [7, 11) is 0. The van der Waals surface area contributed by atoms with E-state index >= 15 is 0 Å². The van der Waals surface area contributed by atoms with Gasteiger partial charge in [0.25, 0.3) is 11.8 Å². The first-order chi connectivity index (χ1) is 15.1. The lowest BCUT2D eigenvalue weighted by Gasteiger charge is -2.18. The van der Waals surface area contributed by atoms with Crippen LogP contribution in [0.25, 0.3) is 0 Å². The van der Waals surface area contributed by atoms with E-state index in [4.69, 9.17) is 14.2 Å². The maximum atomic E-state index is 12.7. The quantitative estimate of drug-likeness (QED) is 0.539. The molecule has 1 heterocycles. The highest BCUT2D eigenvalue weighted by atomic mass is 79.9. The molecule has 1 aliphatic rings. The molecule has 1 aliphatic heterocycles. The summed E-state index contributed by atoms with van der Waals surface area (Å²) in [6.45, 7) is 1.18. The number of hydrogen-bond acceptors (Lipinski definition) is 5. The van der Waals surface area contributed by atoms with E-state index in [2.05, 4.69) is 26.8 Å². The second kappa shape index (κ2) is 9.53. The minimum atomic E-state index is -0.492. The molecule has 0 aliphatic carbocycles. The maximum Gasteiger partial charge on any atom is 0.273 e. The molecule has 3 aromatic carbocycles. The van der Waals surface area contributed by atoms with Gasteiger partial charge in [-0.1, -0.05) is 46.3 Å². The number of halogens is 1. The molecule has 8 heteroatoms. The molecule has 4 rings (SSSR count). The minimum absolute atomic E-state index is 0.287. The summed E-state index contributed by atoms with van der Waals surface area (Å²) in [4.78, 5) is 25.1. The normalized spacial score (nSPS) is 12.0. The van der Waals surface area contributed by atoms with Crippen LogP contribution in [0.5, 0.6) is 17.2 Å². The summed E-state index contributed by atoms with van der Waals surface area (Å²) in [6.07, 6.45) is 0. The van der Waals surface area contributed by atoms with Crippen LogP contribution in [-0.4, -0.2) is 25.0 Å². The Morgan fingerprint density at radius 2 is 1.58 bits per heavy atom. The molecule has 2 amide bonds. The highest BCUT2D eigenvalue weighted by Gasteiger charge is 2.17. The topological polar surface area (TPSA) is 85.9 Å². The molecule has 0 saturated heterocycles. The average molecular weight is 483 g/mol. The lowest BCUT2D eigenvalue weighted by atomic mass is 10.2. The number of rotatable bonds is 5. The summed E-state index contributed by atoms with van der Waals surface area (Å²) in [5, 5.41) is 0. The lowest BCUT2D eigenvalue weighted by molar-refractivity contribution is 0.0843. The molecule has 0 spiro atoms. The van der Waals surface area contributed by atoms with Crippen LogP contribution >= 0.6 is 15.9 Å². The van der Waals surface area contributed by atoms with Crippen LogP contribution in [0.15, 0.2) is 71.2 Å². The summed E-state index contributed by atoms with van der Waals surface area (Å²) in [5.74, 6) is 0.522. The third-order valence-electron chi connectivity index (χ3n) is 4.57. The summed E-state index contributed by atoms with van der Waals surface area (Å²) in [6, 6.07) is 19.3. The smallest absolute Gasteiger partial charge is 0.273 e. The Hall–Kier alpha value is -3.52. The molecule has 2 N–H and O–H groups in total. The first-order valence-electron chi connectivity index (χ1n) is 9.57. The van der Waals surface area contributed by atoms with Crippen molar-refractivity contribution in [3.05, 3.63) is 87.9 Å². The predicted molar refractivity (Wildman–Crippen MR) is 117 cm³/mol. The van der Waals surface area contributed by atoms with Gasteiger partial charge in [-0.15, -0.1) is 0 Å². The fourth-order valence-corrected chi connectivity index (χ4v) is 3.39. The SMILES string of the molecule is O=C(NNC(=O)c1ccccc1OCc1ccccc1Br)c1ccc2c(c1)OCCO2. The second-order valence-electron chi connectivity index (χ2n) is 6.64. The number of para-hydroxylation sites is 1. The van der Waals surface area contributed by atoms with Gasteiger partial charge < -0.3 is 14.2 Å². The molecule has 31 heavy (non-hydrogen) atoms. The Kier molecular flexibility index (Phi) is 6.37. The zero-order chi connectivity index (χ0) is 21.6. The van der Waals surface area contributed by atoms with E-state index in [-0.39, 0.29) is 6.61 Å². The highest BCUT2D eigenvalue weighted by molar-refractivity contribution is 9.10. The molecule has 0 atom stereocenters. The Labute approximate surface area is 187 Å². The standard InChI is InChI=1S/C23H19BrN2O5/c24-18-7-3-1-5-16(18)14-31-19-8-4-2-6-17(19)23(28)26-25-22(27)15-9-10-20-21(13-15)30-12-11-29-20/h1-10,13H,11-12,14H2,(H,25,27)(H,26,28). The number of amides is 2. The molecule has 7 nitrogen and oxygen atoms in total. The van der Waals surface area contributed by atoms with Gasteiger partial charge in [0.05, 0.1) is 5.56 Å². The molecule has 0 radical (unpaired) electrons. The number of hydrazine groups is 1. The van der Waals surface area contributed by atoms with Crippen LogP contribution in [0.3, 0.4) is 0 Å². The van der Waals surface area contributed by atoms with Crippen LogP contribution in [-0.2, 0) is 6.61 Å². The van der Waals surface area contributed by atoms with Gasteiger partial charge in [-0.25, -0.2) is 0 Å². The molecule has 0 bridgehead atoms. The first-order valence-corrected chi connectivity index (χ1v) is 10.4. The van der Waals surface area contributed by atoms with Crippen molar-refractivity contribution in [1.29, 1.82) is 0 Å². The summed E-state index contributed by atoms with van der Waals surface area (Å²) < 4.78 is 17.7. The Morgan fingerprint density at radius 1 is 0.871 bits per heavy atom. The summed E-state index contributed by atoms with van der Waals surface area (Å²) >= 11 is 3.48. The van der Waals surface area contributed by atoms with Crippen molar-refractivity contribution in [2.75, 3.05) is 13.2 Å². The van der Waals surface area contributed by atoms with Gasteiger partial charge >= 0.3 is 0 Å². The van der Waals surface area contributed by atoms with E-state index in [9.17, 15) is 9.59 Å². The van der Waals surface area contributed by atoms with Gasteiger partial charge in [0, 0.05) is 15.6 Å². The van der Waals surface area contributed by atoms with E-state index < -0.39 is 11.8 Å². The molecule has 0 aromatic heterocycles. The zero-order valence-corrected chi connectivity index (χ0v) is 18.0. The molecular formula is C23H19BrN2O5. The number of fused-ring (bicyclic) bond motifs is 1. The lowest BCUT2D eigenvalue weighted by Crippen LogP contribution is -2.41. The van der Waals surface area contributed by atoms with E-state index in [0.717, 1.165) is 10.0 Å². The van der Waals surface area contributed by atoms with Crippen LogP contribution in [0.4, 0.5) is 0 Å². The Morgan fingerprint density at radius 3 is 2.42 bits per heavy atom. The van der Waals surface area contributed by atoms with E-state index in [1.54, 1.807) is 42.5 Å². The number of benzene rings is 3. The van der Waals surface area contributed by atoms with Crippen molar-refractivity contribution in [1.82, 2.24) is 10.9 Å². The number of ether oxygens (including phenoxy) is 3. The van der Waals surface area contributed by atoms with Crippen molar-refractivity contribution >= 4 is 27.7 Å². The maximum absolute atomic E-state index is 12.7. The van der Waals surface area contributed by atoms with E-state index in [0.29, 0.717) is 41.6 Å². The van der Waals surface area contributed by atoms with Crippen LogP contribution in [0.1, 0.15) is 26.3 Å². The molecule has 0 fully saturated rings.